The third-order valence-electron chi connectivity index (χ3n) is 15.7. The lowest BCUT2D eigenvalue weighted by atomic mass is 9.87. The number of hydrogen-bond donors (Lipinski definition) is 5. The Kier molecular flexibility index (Phi) is 13.3. The molecule has 0 saturated carbocycles. The first-order valence-corrected chi connectivity index (χ1v) is 25.3. The summed E-state index contributed by atoms with van der Waals surface area (Å²) in [6.45, 7) is 10.7. The van der Waals surface area contributed by atoms with Crippen molar-refractivity contribution in [1.29, 1.82) is 0 Å². The third kappa shape index (κ3) is 9.69. The van der Waals surface area contributed by atoms with Crippen LogP contribution in [0.5, 0.6) is 0 Å². The van der Waals surface area contributed by atoms with Gasteiger partial charge in [-0.2, -0.15) is 0 Å². The van der Waals surface area contributed by atoms with Crippen LogP contribution in [-0.4, -0.2) is 118 Å². The second-order valence-electron chi connectivity index (χ2n) is 20.5. The smallest absolute Gasteiger partial charge is 0.329 e. The van der Waals surface area contributed by atoms with Gasteiger partial charge in [-0.3, -0.25) is 33.6 Å². The van der Waals surface area contributed by atoms with Crippen molar-refractivity contribution in [1.82, 2.24) is 34.9 Å². The number of nitrogens with one attached hydrogen (secondary N) is 4. The number of amides is 4. The van der Waals surface area contributed by atoms with Crippen molar-refractivity contribution in [2.24, 2.45) is 18.9 Å². The lowest BCUT2D eigenvalue weighted by molar-refractivity contribution is -0.141. The van der Waals surface area contributed by atoms with Crippen LogP contribution in [0.15, 0.2) is 77.6 Å². The van der Waals surface area contributed by atoms with Crippen LogP contribution < -0.4 is 31.9 Å². The molecule has 6 heterocycles. The van der Waals surface area contributed by atoms with Gasteiger partial charge in [-0.1, -0.05) is 48.2 Å². The zero-order valence-corrected chi connectivity index (χ0v) is 40.6. The van der Waals surface area contributed by atoms with Gasteiger partial charge in [0.1, 0.15) is 6.04 Å². The molecular formula is C55H65N9O6. The molecule has 4 amide bonds. The predicted octanol–water partition coefficient (Wildman–Crippen LogP) is 4.99. The maximum atomic E-state index is 13.8. The van der Waals surface area contributed by atoms with Crippen molar-refractivity contribution in [2.45, 2.75) is 88.9 Å². The van der Waals surface area contributed by atoms with Gasteiger partial charge >= 0.3 is 5.69 Å². The molecule has 2 atom stereocenters. The second kappa shape index (κ2) is 19.7. The minimum Gasteiger partial charge on any atom is -0.388 e. The molecule has 0 aliphatic carbocycles. The predicted molar refractivity (Wildman–Crippen MR) is 272 cm³/mol. The van der Waals surface area contributed by atoms with Gasteiger partial charge in [0, 0.05) is 93.6 Å². The number of carbonyl (C=O) groups is 4. The topological polar surface area (TPSA) is 173 Å². The molecule has 5 aliphatic rings. The monoisotopic (exact) mass is 948 g/mol. The number of aryl methyl sites for hydroxylation is 2. The summed E-state index contributed by atoms with van der Waals surface area (Å²) in [6, 6.07) is 23.7. The molecule has 5 aromatic rings. The number of carbonyl (C=O) groups excluding carboxylic acids is 4. The molecule has 0 radical (unpaired) electrons. The van der Waals surface area contributed by atoms with Gasteiger partial charge in [-0.05, 0) is 130 Å². The van der Waals surface area contributed by atoms with Crippen molar-refractivity contribution < 1.29 is 24.3 Å². The first kappa shape index (κ1) is 47.2. The molecule has 5 aliphatic heterocycles. The van der Waals surface area contributed by atoms with Crippen LogP contribution in [0, 0.1) is 30.6 Å². The van der Waals surface area contributed by atoms with Crippen LogP contribution in [0.2, 0.25) is 0 Å². The van der Waals surface area contributed by atoms with E-state index in [0.717, 1.165) is 96.2 Å². The summed E-state index contributed by atoms with van der Waals surface area (Å²) in [6.07, 6.45) is 4.90. The molecule has 1 unspecified atom stereocenters. The Hall–Kier alpha value is -6.47. The third-order valence-corrected chi connectivity index (χ3v) is 15.7. The number of imide groups is 1. The number of hydrogen-bond acceptors (Lipinski definition) is 10. The lowest BCUT2D eigenvalue weighted by Crippen LogP contribution is -2.54. The number of nitrogens with zero attached hydrogens (tertiary/aromatic N) is 5. The van der Waals surface area contributed by atoms with Crippen LogP contribution >= 0.6 is 0 Å². The highest BCUT2D eigenvalue weighted by atomic mass is 16.3. The van der Waals surface area contributed by atoms with E-state index in [1.807, 2.05) is 67.3 Å². The molecule has 0 bridgehead atoms. The van der Waals surface area contributed by atoms with Crippen LogP contribution in [0.1, 0.15) is 97.4 Å². The van der Waals surface area contributed by atoms with Crippen molar-refractivity contribution >= 4 is 56.8 Å². The summed E-state index contributed by atoms with van der Waals surface area (Å²) in [5, 5.41) is 26.3. The van der Waals surface area contributed by atoms with E-state index in [1.54, 1.807) is 11.6 Å². The second-order valence-corrected chi connectivity index (χ2v) is 20.5. The van der Waals surface area contributed by atoms with E-state index in [9.17, 15) is 29.1 Å². The van der Waals surface area contributed by atoms with Gasteiger partial charge in [-0.15, -0.1) is 0 Å². The fourth-order valence-corrected chi connectivity index (χ4v) is 11.3. The standard InChI is InChI=1S/C55H65N9O6/c1-35-8-12-40(58-41-32-56-33-41)30-46(35)51(66)57-36(2)43-14-11-38(44-6-4-5-7-45(43)44)10-9-37-18-24-61(25-19-37)34-55(70)22-28-63(29-23-55)53(68)39-20-26-62(27-21-39)42-13-15-47-49(31-42)60(3)54(69)64(47)48-16-17-50(65)59-52(48)67/h4-8,11-15,30-31,36-37,39,41,48,56,58,70H,16-29,32-34H2,1-3H3,(H,57,66)(H,59,65,67)/t36-,48?/m1/s1. The molecule has 5 saturated heterocycles. The Morgan fingerprint density at radius 1 is 0.857 bits per heavy atom. The fourth-order valence-electron chi connectivity index (χ4n) is 11.3. The van der Waals surface area contributed by atoms with Gasteiger partial charge in [0.15, 0.2) is 0 Å². The maximum Gasteiger partial charge on any atom is 0.329 e. The minimum atomic E-state index is -0.834. The number of β-amino-alcohol motifs (C(OH)–C–C–N with tert-alkyl or cyclic N) is 1. The molecule has 5 N–H and O–H groups in total. The summed E-state index contributed by atoms with van der Waals surface area (Å²) in [5.41, 5.74) is 5.80. The van der Waals surface area contributed by atoms with E-state index in [4.69, 9.17) is 0 Å². The molecule has 15 nitrogen and oxygen atoms in total. The summed E-state index contributed by atoms with van der Waals surface area (Å²) >= 11 is 0. The molecule has 4 aromatic carbocycles. The van der Waals surface area contributed by atoms with Crippen molar-refractivity contribution in [3.05, 3.63) is 106 Å². The average molecular weight is 948 g/mol. The number of anilines is 2. The SMILES string of the molecule is Cc1ccc(NC2CNC2)cc1C(=O)N[C@H](C)c1ccc(C#CC2CCN(CC3(O)CCN(C(=O)C4CCN(c5ccc6c(c5)n(C)c(=O)n6C5CCC(=O)NC5=O)CC4)CC3)CC2)c2ccccc12. The van der Waals surface area contributed by atoms with Crippen molar-refractivity contribution in [3.8, 4) is 11.8 Å². The van der Waals surface area contributed by atoms with Crippen molar-refractivity contribution in [3.63, 3.8) is 0 Å². The highest BCUT2D eigenvalue weighted by molar-refractivity contribution is 6.00. The Bertz CT molecular complexity index is 2960. The number of piperidine rings is 4. The molecule has 1 aromatic heterocycles. The normalized spacial score (nSPS) is 20.9. The summed E-state index contributed by atoms with van der Waals surface area (Å²) in [4.78, 5) is 71.6. The molecule has 15 heteroatoms. The average Bonchev–Trinajstić information content (AvgIpc) is 3.60. The molecule has 5 fully saturated rings. The van der Waals surface area contributed by atoms with Crippen LogP contribution in [0.3, 0.4) is 0 Å². The fraction of sp³-hybridized carbons (Fsp3) is 0.473. The van der Waals surface area contributed by atoms with Gasteiger partial charge < -0.3 is 35.8 Å². The largest absolute Gasteiger partial charge is 0.388 e. The highest BCUT2D eigenvalue weighted by Crippen LogP contribution is 2.33. The number of rotatable bonds is 10. The van der Waals surface area contributed by atoms with Gasteiger partial charge in [-0.25, -0.2) is 4.79 Å². The summed E-state index contributed by atoms with van der Waals surface area (Å²) in [7, 11) is 1.70. The van der Waals surface area contributed by atoms with Gasteiger partial charge in [0.25, 0.3) is 5.91 Å². The van der Waals surface area contributed by atoms with E-state index >= 15 is 0 Å². The van der Waals surface area contributed by atoms with Gasteiger partial charge in [0.05, 0.1) is 28.7 Å². The Morgan fingerprint density at radius 2 is 1.60 bits per heavy atom. The van der Waals surface area contributed by atoms with E-state index < -0.39 is 17.6 Å². The number of aliphatic hydroxyl groups is 1. The van der Waals surface area contributed by atoms with E-state index in [1.165, 1.54) is 4.57 Å². The first-order valence-electron chi connectivity index (χ1n) is 25.3. The number of fused-ring (bicyclic) bond motifs is 2. The quantitative estimate of drug-likeness (QED) is 0.0950. The minimum absolute atomic E-state index is 0.0769. The Labute approximate surface area is 408 Å². The van der Waals surface area contributed by atoms with Crippen molar-refractivity contribution in [2.75, 3.05) is 69.1 Å². The molecule has 70 heavy (non-hydrogen) atoms. The summed E-state index contributed by atoms with van der Waals surface area (Å²) < 4.78 is 3.05. The van der Waals surface area contributed by atoms with E-state index in [0.29, 0.717) is 62.7 Å². The van der Waals surface area contributed by atoms with Crippen LogP contribution in [0.4, 0.5) is 11.4 Å². The van der Waals surface area contributed by atoms with E-state index in [2.05, 4.69) is 67.2 Å². The Balaban J connectivity index is 0.688. The highest BCUT2D eigenvalue weighted by Gasteiger charge is 2.39. The van der Waals surface area contributed by atoms with E-state index in [-0.39, 0.29) is 54.1 Å². The lowest BCUT2D eigenvalue weighted by Gasteiger charge is -2.43. The molecule has 366 valence electrons. The number of imidazole rings is 1. The Morgan fingerprint density at radius 3 is 2.31 bits per heavy atom. The summed E-state index contributed by atoms with van der Waals surface area (Å²) in [5.74, 6) is 6.59. The molecule has 10 rings (SSSR count). The zero-order chi connectivity index (χ0) is 48.7. The van der Waals surface area contributed by atoms with Gasteiger partial charge in [0.2, 0.25) is 17.7 Å². The number of likely N-dealkylation sites (tertiary alicyclic amines) is 2. The zero-order valence-electron chi connectivity index (χ0n) is 40.6. The maximum absolute atomic E-state index is 13.8. The first-order chi connectivity index (χ1) is 33.8. The van der Waals surface area contributed by atoms with Crippen LogP contribution in [-0.2, 0) is 21.4 Å². The molecular weight excluding hydrogens is 883 g/mol. The number of aromatic nitrogens is 2. The van der Waals surface area contributed by atoms with Crippen LogP contribution in [0.25, 0.3) is 21.8 Å². The molecule has 0 spiro atoms. The number of benzene rings is 4.